The van der Waals surface area contributed by atoms with Gasteiger partial charge in [-0.25, -0.2) is 0 Å². The van der Waals surface area contributed by atoms with Crippen molar-refractivity contribution in [1.29, 1.82) is 0 Å². The highest BCUT2D eigenvalue weighted by Crippen LogP contribution is 2.18. The van der Waals surface area contributed by atoms with E-state index in [1.807, 2.05) is 0 Å². The van der Waals surface area contributed by atoms with Gasteiger partial charge < -0.3 is 14.2 Å². The van der Waals surface area contributed by atoms with Crippen LogP contribution in [0.25, 0.3) is 0 Å². The van der Waals surface area contributed by atoms with E-state index in [2.05, 4.69) is 45.1 Å². The van der Waals surface area contributed by atoms with Crippen LogP contribution in [-0.2, 0) is 28.6 Å². The number of unbranched alkanes of at least 4 members (excludes halogenated alkanes) is 49. The first-order valence-corrected chi connectivity index (χ1v) is 34.3. The lowest BCUT2D eigenvalue weighted by atomic mass is 10.0. The molecule has 1 unspecified atom stereocenters. The minimum atomic E-state index is -0.768. The van der Waals surface area contributed by atoms with Crippen LogP contribution in [0.2, 0.25) is 0 Å². The number of allylic oxidation sites excluding steroid dienone is 4. The second-order valence-corrected chi connectivity index (χ2v) is 23.5. The Labute approximate surface area is 474 Å². The average molecular weight is 1070 g/mol. The average Bonchev–Trinajstić information content (AvgIpc) is 3.42. The fourth-order valence-electron chi connectivity index (χ4n) is 10.5. The van der Waals surface area contributed by atoms with E-state index in [1.165, 1.54) is 283 Å². The minimum Gasteiger partial charge on any atom is -0.462 e. The number of rotatable bonds is 64. The van der Waals surface area contributed by atoms with Crippen molar-refractivity contribution in [2.75, 3.05) is 13.2 Å². The van der Waals surface area contributed by atoms with Crippen molar-refractivity contribution in [1.82, 2.24) is 0 Å². The van der Waals surface area contributed by atoms with Gasteiger partial charge in [0.05, 0.1) is 0 Å². The number of esters is 3. The van der Waals surface area contributed by atoms with Crippen molar-refractivity contribution in [2.45, 2.75) is 393 Å². The molecular weight excluding hydrogens is 937 g/mol. The molecule has 0 aliphatic carbocycles. The predicted octanol–water partition coefficient (Wildman–Crippen LogP) is 23.4. The first-order valence-electron chi connectivity index (χ1n) is 34.3. The smallest absolute Gasteiger partial charge is 0.306 e. The molecule has 0 saturated carbocycles. The Balaban J connectivity index is 4.15. The van der Waals surface area contributed by atoms with Crippen LogP contribution in [0.4, 0.5) is 0 Å². The summed E-state index contributed by atoms with van der Waals surface area (Å²) in [5.74, 6) is -0.840. The lowest BCUT2D eigenvalue weighted by Crippen LogP contribution is -2.30. The van der Waals surface area contributed by atoms with Gasteiger partial charge in [-0.1, -0.05) is 340 Å². The van der Waals surface area contributed by atoms with Crippen LogP contribution in [0.15, 0.2) is 24.3 Å². The van der Waals surface area contributed by atoms with Gasteiger partial charge >= 0.3 is 17.9 Å². The number of carbonyl (C=O) groups is 3. The predicted molar refractivity (Wildman–Crippen MR) is 330 cm³/mol. The largest absolute Gasteiger partial charge is 0.462 e. The van der Waals surface area contributed by atoms with E-state index in [0.717, 1.165) is 64.2 Å². The molecule has 1 atom stereocenters. The molecule has 6 nitrogen and oxygen atoms in total. The topological polar surface area (TPSA) is 78.9 Å². The summed E-state index contributed by atoms with van der Waals surface area (Å²) in [6, 6.07) is 0. The molecule has 0 aromatic heterocycles. The first kappa shape index (κ1) is 73.9. The zero-order chi connectivity index (χ0) is 55.0. The molecule has 6 heteroatoms. The van der Waals surface area contributed by atoms with Crippen molar-refractivity contribution < 1.29 is 28.6 Å². The summed E-state index contributed by atoms with van der Waals surface area (Å²) in [7, 11) is 0. The number of hydrogen-bond acceptors (Lipinski definition) is 6. The van der Waals surface area contributed by atoms with Crippen LogP contribution < -0.4 is 0 Å². The van der Waals surface area contributed by atoms with E-state index in [9.17, 15) is 14.4 Å². The normalized spacial score (nSPS) is 12.1. The summed E-state index contributed by atoms with van der Waals surface area (Å²) in [6.45, 7) is 6.69. The van der Waals surface area contributed by atoms with Crippen LogP contribution in [0.1, 0.15) is 387 Å². The Kier molecular flexibility index (Phi) is 63.6. The van der Waals surface area contributed by atoms with Crippen molar-refractivity contribution in [3.05, 3.63) is 24.3 Å². The molecule has 448 valence electrons. The summed E-state index contributed by atoms with van der Waals surface area (Å²) in [5, 5.41) is 0. The molecular formula is C70H132O6. The molecule has 0 aliphatic rings. The molecule has 0 fully saturated rings. The second kappa shape index (κ2) is 65.4. The summed E-state index contributed by atoms with van der Waals surface area (Å²) in [5.41, 5.74) is 0. The van der Waals surface area contributed by atoms with Gasteiger partial charge in [-0.2, -0.15) is 0 Å². The molecule has 0 saturated heterocycles. The Morgan fingerprint density at radius 3 is 0.724 bits per heavy atom. The van der Waals surface area contributed by atoms with Gasteiger partial charge in [0.25, 0.3) is 0 Å². The monoisotopic (exact) mass is 1070 g/mol. The van der Waals surface area contributed by atoms with E-state index < -0.39 is 6.10 Å². The van der Waals surface area contributed by atoms with E-state index in [0.29, 0.717) is 19.3 Å². The van der Waals surface area contributed by atoms with Crippen LogP contribution >= 0.6 is 0 Å². The maximum Gasteiger partial charge on any atom is 0.306 e. The fraction of sp³-hybridized carbons (Fsp3) is 0.900. The Morgan fingerprint density at radius 2 is 0.474 bits per heavy atom. The SMILES string of the molecule is CCCCCCC/C=C\C/C=C\CCCCCCCCCCCCCC(=O)OC(COC(=O)CCCCCCCCCCCC)COC(=O)CCCCCCCCCCCCCCCCCCCCCCCCCCC. The maximum atomic E-state index is 12.9. The third-order valence-corrected chi connectivity index (χ3v) is 15.7. The van der Waals surface area contributed by atoms with Gasteiger partial charge in [0.1, 0.15) is 13.2 Å². The van der Waals surface area contributed by atoms with Crippen molar-refractivity contribution >= 4 is 17.9 Å². The van der Waals surface area contributed by atoms with E-state index in [1.54, 1.807) is 0 Å². The number of ether oxygens (including phenoxy) is 3. The highest BCUT2D eigenvalue weighted by molar-refractivity contribution is 5.71. The van der Waals surface area contributed by atoms with Crippen LogP contribution in [0, 0.1) is 0 Å². The Bertz CT molecular complexity index is 1230. The van der Waals surface area contributed by atoms with Crippen LogP contribution in [0.5, 0.6) is 0 Å². The van der Waals surface area contributed by atoms with Crippen LogP contribution in [-0.4, -0.2) is 37.2 Å². The van der Waals surface area contributed by atoms with E-state index in [-0.39, 0.29) is 31.1 Å². The molecule has 0 heterocycles. The van der Waals surface area contributed by atoms with Gasteiger partial charge in [-0.3, -0.25) is 14.4 Å². The van der Waals surface area contributed by atoms with Gasteiger partial charge in [0, 0.05) is 19.3 Å². The highest BCUT2D eigenvalue weighted by Gasteiger charge is 2.19. The molecule has 0 N–H and O–H groups in total. The second-order valence-electron chi connectivity index (χ2n) is 23.5. The van der Waals surface area contributed by atoms with Gasteiger partial charge in [-0.05, 0) is 51.4 Å². The van der Waals surface area contributed by atoms with Gasteiger partial charge in [0.2, 0.25) is 0 Å². The number of hydrogen-bond donors (Lipinski definition) is 0. The number of carbonyl (C=O) groups excluding carboxylic acids is 3. The molecule has 0 bridgehead atoms. The molecule has 0 aromatic carbocycles. The van der Waals surface area contributed by atoms with E-state index in [4.69, 9.17) is 14.2 Å². The highest BCUT2D eigenvalue weighted by atomic mass is 16.6. The first-order chi connectivity index (χ1) is 37.5. The molecule has 0 amide bonds. The Morgan fingerprint density at radius 1 is 0.263 bits per heavy atom. The Hall–Kier alpha value is -2.11. The standard InChI is InChI=1S/C70H132O6/c1-4-7-10-13-16-19-22-24-26-28-30-32-34-35-37-38-40-42-44-46-48-51-54-57-60-63-69(72)75-66-67(65-74-68(71)62-59-56-53-50-21-18-15-12-9-6-3)76-70(73)64-61-58-55-52-49-47-45-43-41-39-36-33-31-29-27-25-23-20-17-14-11-8-5-2/h23,25,29,31,67H,4-22,24,26-28,30,32-66H2,1-3H3/b25-23-,31-29-. The van der Waals surface area contributed by atoms with Crippen molar-refractivity contribution in [3.8, 4) is 0 Å². The summed E-state index contributed by atoms with van der Waals surface area (Å²) in [6.07, 6.45) is 79.2. The minimum absolute atomic E-state index is 0.0657. The molecule has 0 spiro atoms. The summed E-state index contributed by atoms with van der Waals surface area (Å²) < 4.78 is 16.9. The third kappa shape index (κ3) is 62.7. The molecule has 0 aromatic rings. The molecule has 0 aliphatic heterocycles. The molecule has 0 rings (SSSR count). The zero-order valence-corrected chi connectivity index (χ0v) is 51.6. The quantitative estimate of drug-likeness (QED) is 0.0261. The van der Waals surface area contributed by atoms with Crippen molar-refractivity contribution in [2.24, 2.45) is 0 Å². The molecule has 0 radical (unpaired) electrons. The third-order valence-electron chi connectivity index (χ3n) is 15.7. The van der Waals surface area contributed by atoms with Gasteiger partial charge in [-0.15, -0.1) is 0 Å². The summed E-state index contributed by atoms with van der Waals surface area (Å²) in [4.78, 5) is 38.3. The lowest BCUT2D eigenvalue weighted by Gasteiger charge is -2.18. The lowest BCUT2D eigenvalue weighted by molar-refractivity contribution is -0.167. The zero-order valence-electron chi connectivity index (χ0n) is 51.6. The van der Waals surface area contributed by atoms with E-state index >= 15 is 0 Å². The van der Waals surface area contributed by atoms with Crippen LogP contribution in [0.3, 0.4) is 0 Å². The maximum absolute atomic E-state index is 12.9. The molecule has 76 heavy (non-hydrogen) atoms. The van der Waals surface area contributed by atoms with Crippen molar-refractivity contribution in [3.63, 3.8) is 0 Å². The van der Waals surface area contributed by atoms with Gasteiger partial charge in [0.15, 0.2) is 6.10 Å². The summed E-state index contributed by atoms with van der Waals surface area (Å²) >= 11 is 0. The fourth-order valence-corrected chi connectivity index (χ4v) is 10.5.